The van der Waals surface area contributed by atoms with Gasteiger partial charge in [0.25, 0.3) is 0 Å². The maximum absolute atomic E-state index is 11.9. The Hall–Kier alpha value is 0.0318. The highest BCUT2D eigenvalue weighted by atomic mass is 28.4. The van der Waals surface area contributed by atoms with Gasteiger partial charge in [0.15, 0.2) is 8.32 Å². The van der Waals surface area contributed by atoms with Crippen molar-refractivity contribution in [3.05, 3.63) is 0 Å². The predicted octanol–water partition coefficient (Wildman–Crippen LogP) is 5.03. The van der Waals surface area contributed by atoms with E-state index >= 15 is 0 Å². The lowest BCUT2D eigenvalue weighted by Gasteiger charge is -2.36. The van der Waals surface area contributed by atoms with Gasteiger partial charge in [0.05, 0.1) is 0 Å². The van der Waals surface area contributed by atoms with Gasteiger partial charge in [0.2, 0.25) is 0 Å². The maximum atomic E-state index is 11.9. The van der Waals surface area contributed by atoms with E-state index in [2.05, 4.69) is 33.9 Å². The number of unbranched alkanes of at least 4 members (excludes halogenated alkanes) is 2. The Morgan fingerprint density at radius 2 is 1.53 bits per heavy atom. The molecule has 6 heteroatoms. The molecule has 0 aliphatic carbocycles. The van der Waals surface area contributed by atoms with Gasteiger partial charge in [-0.25, -0.2) is 0 Å². The largest absolute Gasteiger partial charge is 0.478 e. The first-order chi connectivity index (χ1) is 7.46. The van der Waals surface area contributed by atoms with E-state index in [9.17, 15) is 12.9 Å². The van der Waals surface area contributed by atoms with E-state index in [1.54, 1.807) is 0 Å². The fourth-order valence-corrected chi connectivity index (χ4v) is 2.29. The van der Waals surface area contributed by atoms with Crippen LogP contribution in [0.1, 0.15) is 40.0 Å². The zero-order valence-corrected chi connectivity index (χ0v) is 12.7. The number of hydrogen-bond donors (Lipinski definition) is 0. The summed E-state index contributed by atoms with van der Waals surface area (Å²) in [6.45, 7) is 6.79. The fourth-order valence-electron chi connectivity index (χ4n) is 1.20. The lowest BCUT2D eigenvalue weighted by atomic mass is 9.83. The minimum atomic E-state index is -4.60. The lowest BCUT2D eigenvalue weighted by Crippen LogP contribution is -2.40. The van der Waals surface area contributed by atoms with E-state index in [0.29, 0.717) is 13.0 Å². The van der Waals surface area contributed by atoms with Crippen LogP contribution in [0.3, 0.4) is 0 Å². The molecule has 0 aromatic rings. The van der Waals surface area contributed by atoms with Crippen LogP contribution in [0.15, 0.2) is 0 Å². The van der Waals surface area contributed by atoms with Crippen LogP contribution in [0.2, 0.25) is 24.5 Å². The highest BCUT2D eigenvalue weighted by Gasteiger charge is 2.36. The van der Waals surface area contributed by atoms with Crippen molar-refractivity contribution in [3.63, 3.8) is 0 Å². The van der Waals surface area contributed by atoms with Crippen molar-refractivity contribution in [2.45, 2.75) is 64.5 Å². The molecule has 0 unspecified atom stereocenters. The van der Waals surface area contributed by atoms with E-state index in [1.807, 2.05) is 0 Å². The van der Waals surface area contributed by atoms with Gasteiger partial charge in [-0.2, -0.15) is 0 Å². The van der Waals surface area contributed by atoms with Crippen LogP contribution in [0.4, 0.5) is 12.9 Å². The van der Waals surface area contributed by atoms with Crippen LogP contribution in [0.25, 0.3) is 0 Å². The van der Waals surface area contributed by atoms with Crippen LogP contribution >= 0.6 is 0 Å². The van der Waals surface area contributed by atoms with Crippen LogP contribution < -0.4 is 0 Å². The smallest absolute Gasteiger partial charge is 0.449 e. The molecular formula is C11H25BF3OSi-. The molecule has 0 aliphatic heterocycles. The third-order valence-electron chi connectivity index (χ3n) is 3.44. The molecule has 0 amide bonds. The molecule has 0 rings (SSSR count). The second-order valence-electron chi connectivity index (χ2n) is 6.17. The molecule has 0 atom stereocenters. The summed E-state index contributed by atoms with van der Waals surface area (Å²) in [7, 11) is -1.72. The molecule has 0 bridgehead atoms. The zero-order chi connectivity index (χ0) is 13.7. The average molecular weight is 269 g/mol. The topological polar surface area (TPSA) is 9.23 Å². The van der Waals surface area contributed by atoms with Gasteiger partial charge >= 0.3 is 6.98 Å². The zero-order valence-electron chi connectivity index (χ0n) is 11.7. The molecule has 1 nitrogen and oxygen atoms in total. The highest BCUT2D eigenvalue weighted by molar-refractivity contribution is 6.74. The molecule has 0 spiro atoms. The Balaban J connectivity index is 3.66. The summed E-state index contributed by atoms with van der Waals surface area (Å²) in [5.41, 5.74) is 0. The van der Waals surface area contributed by atoms with Gasteiger partial charge in [0.1, 0.15) is 0 Å². The van der Waals surface area contributed by atoms with Crippen LogP contribution in [0, 0.1) is 0 Å². The van der Waals surface area contributed by atoms with Crippen molar-refractivity contribution in [1.29, 1.82) is 0 Å². The summed E-state index contributed by atoms with van der Waals surface area (Å²) < 4.78 is 41.7. The van der Waals surface area contributed by atoms with Gasteiger partial charge < -0.3 is 17.4 Å². The molecule has 0 fully saturated rings. The molecule has 0 aromatic carbocycles. The van der Waals surface area contributed by atoms with Crippen LogP contribution in [-0.4, -0.2) is 21.9 Å². The van der Waals surface area contributed by atoms with Gasteiger partial charge in [0, 0.05) is 6.61 Å². The minimum absolute atomic E-state index is 0.169. The Morgan fingerprint density at radius 1 is 1.00 bits per heavy atom. The standard InChI is InChI=1S/C11H25BF3OSi/c1-11(2,3)17(4,5)16-10-8-6-7-9-12(13,14)15/h6-10H2,1-5H3/q-1. The summed E-state index contributed by atoms with van der Waals surface area (Å²) in [6, 6.07) is 0. The first-order valence-electron chi connectivity index (χ1n) is 6.31. The van der Waals surface area contributed by atoms with Gasteiger partial charge in [-0.1, -0.05) is 39.9 Å². The number of hydrogen-bond acceptors (Lipinski definition) is 1. The molecule has 0 aliphatic rings. The first kappa shape index (κ1) is 17.0. The fraction of sp³-hybridized carbons (Fsp3) is 1.00. The van der Waals surface area contributed by atoms with Crippen molar-refractivity contribution >= 4 is 15.3 Å². The van der Waals surface area contributed by atoms with Crippen molar-refractivity contribution in [3.8, 4) is 0 Å². The SMILES string of the molecule is CC(C)(C)[Si](C)(C)OCCCCC[B-](F)(F)F. The second-order valence-corrected chi connectivity index (χ2v) is 11.0. The molecule has 0 aromatic heterocycles. The Morgan fingerprint density at radius 3 is 1.94 bits per heavy atom. The van der Waals surface area contributed by atoms with Gasteiger partial charge in [-0.15, -0.1) is 0 Å². The summed E-state index contributed by atoms with van der Waals surface area (Å²) in [5, 5.41) is 0.169. The summed E-state index contributed by atoms with van der Waals surface area (Å²) in [4.78, 5) is 0. The third kappa shape index (κ3) is 7.87. The van der Waals surface area contributed by atoms with E-state index in [1.165, 1.54) is 0 Å². The second kappa shape index (κ2) is 6.27. The van der Waals surface area contributed by atoms with Crippen molar-refractivity contribution < 1.29 is 17.4 Å². The average Bonchev–Trinajstić information content (AvgIpc) is 2.07. The Kier molecular flexibility index (Phi) is 6.28. The van der Waals surface area contributed by atoms with E-state index in [4.69, 9.17) is 4.43 Å². The maximum Gasteiger partial charge on any atom is 0.478 e. The van der Waals surface area contributed by atoms with Crippen molar-refractivity contribution in [1.82, 2.24) is 0 Å². The lowest BCUT2D eigenvalue weighted by molar-refractivity contribution is 0.278. The van der Waals surface area contributed by atoms with E-state index in [0.717, 1.165) is 6.42 Å². The monoisotopic (exact) mass is 269 g/mol. The van der Waals surface area contributed by atoms with Gasteiger partial charge in [-0.3, -0.25) is 0 Å². The quantitative estimate of drug-likeness (QED) is 0.465. The molecule has 0 radical (unpaired) electrons. The van der Waals surface area contributed by atoms with Crippen molar-refractivity contribution in [2.75, 3.05) is 6.61 Å². The predicted molar refractivity (Wildman–Crippen MR) is 70.9 cm³/mol. The molecule has 104 valence electrons. The summed E-state index contributed by atoms with van der Waals surface area (Å²) in [5.74, 6) is 0. The molecule has 0 heterocycles. The van der Waals surface area contributed by atoms with Crippen LogP contribution in [0.5, 0.6) is 0 Å². The highest BCUT2D eigenvalue weighted by Crippen LogP contribution is 2.36. The molecular weight excluding hydrogens is 244 g/mol. The molecule has 0 saturated carbocycles. The summed E-state index contributed by atoms with van der Waals surface area (Å²) in [6.07, 6.45) is 0.971. The minimum Gasteiger partial charge on any atom is -0.449 e. The van der Waals surface area contributed by atoms with E-state index < -0.39 is 21.6 Å². The normalized spacial score (nSPS) is 14.1. The third-order valence-corrected chi connectivity index (χ3v) is 7.98. The number of rotatable bonds is 7. The molecule has 0 N–H and O–H groups in total. The Bertz CT molecular complexity index is 224. The van der Waals surface area contributed by atoms with Gasteiger partial charge in [-0.05, 0) is 24.6 Å². The first-order valence-corrected chi connectivity index (χ1v) is 9.21. The molecule has 17 heavy (non-hydrogen) atoms. The number of halogens is 3. The van der Waals surface area contributed by atoms with E-state index in [-0.39, 0.29) is 11.5 Å². The van der Waals surface area contributed by atoms with Crippen LogP contribution in [-0.2, 0) is 4.43 Å². The summed E-state index contributed by atoms with van der Waals surface area (Å²) >= 11 is 0. The Labute approximate surface area is 104 Å². The van der Waals surface area contributed by atoms with Crippen molar-refractivity contribution in [2.24, 2.45) is 0 Å². The molecule has 0 saturated heterocycles.